The van der Waals surface area contributed by atoms with Gasteiger partial charge in [-0.3, -0.25) is 15.6 Å². The van der Waals surface area contributed by atoms with Crippen molar-refractivity contribution in [3.05, 3.63) is 65.0 Å². The van der Waals surface area contributed by atoms with Gasteiger partial charge in [0.25, 0.3) is 5.91 Å². The van der Waals surface area contributed by atoms with Crippen LogP contribution in [0.3, 0.4) is 0 Å². The number of halogens is 5. The quantitative estimate of drug-likeness (QED) is 0.283. The van der Waals surface area contributed by atoms with Crippen LogP contribution in [0.1, 0.15) is 5.56 Å². The summed E-state index contributed by atoms with van der Waals surface area (Å²) in [5, 5.41) is 0. The van der Waals surface area contributed by atoms with Crippen molar-refractivity contribution >= 4 is 17.7 Å². The highest BCUT2D eigenvalue weighted by molar-refractivity contribution is 5.92. The molecule has 0 atom stereocenters. The normalized spacial score (nSPS) is 10.8. The zero-order chi connectivity index (χ0) is 18.6. The Labute approximate surface area is 138 Å². The fourth-order valence-electron chi connectivity index (χ4n) is 1.77. The largest absolute Gasteiger partial charge is 0.497 e. The van der Waals surface area contributed by atoms with Gasteiger partial charge in [-0.25, -0.2) is 22.0 Å². The fourth-order valence-corrected chi connectivity index (χ4v) is 1.77. The predicted molar refractivity (Wildman–Crippen MR) is 80.0 cm³/mol. The molecular weight excluding hydrogens is 347 g/mol. The van der Waals surface area contributed by atoms with Crippen LogP contribution in [0.25, 0.3) is 6.08 Å². The summed E-state index contributed by atoms with van der Waals surface area (Å²) >= 11 is 0. The van der Waals surface area contributed by atoms with E-state index in [1.165, 1.54) is 13.2 Å². The zero-order valence-electron chi connectivity index (χ0n) is 12.7. The lowest BCUT2D eigenvalue weighted by Crippen LogP contribution is -2.29. The molecule has 0 spiro atoms. The monoisotopic (exact) mass is 358 g/mol. The highest BCUT2D eigenvalue weighted by Gasteiger charge is 2.25. The van der Waals surface area contributed by atoms with Gasteiger partial charge in [0, 0.05) is 6.08 Å². The summed E-state index contributed by atoms with van der Waals surface area (Å²) in [4.78, 5) is 11.6. The first-order valence-electron chi connectivity index (χ1n) is 6.74. The third-order valence-electron chi connectivity index (χ3n) is 3.06. The zero-order valence-corrected chi connectivity index (χ0v) is 12.7. The van der Waals surface area contributed by atoms with Crippen LogP contribution in [-0.2, 0) is 4.79 Å². The van der Waals surface area contributed by atoms with Gasteiger partial charge >= 0.3 is 0 Å². The Bertz CT molecular complexity index is 793. The van der Waals surface area contributed by atoms with Crippen molar-refractivity contribution in [2.45, 2.75) is 0 Å². The topological polar surface area (TPSA) is 50.4 Å². The van der Waals surface area contributed by atoms with Gasteiger partial charge in [-0.15, -0.1) is 0 Å². The summed E-state index contributed by atoms with van der Waals surface area (Å²) in [6.45, 7) is 0. The van der Waals surface area contributed by atoms with E-state index in [0.717, 1.165) is 6.08 Å². The molecule has 0 aromatic heterocycles. The molecule has 0 heterocycles. The van der Waals surface area contributed by atoms with Crippen molar-refractivity contribution in [3.8, 4) is 5.75 Å². The lowest BCUT2D eigenvalue weighted by atomic mass is 10.2. The smallest absolute Gasteiger partial charge is 0.262 e. The minimum Gasteiger partial charge on any atom is -0.497 e. The summed E-state index contributed by atoms with van der Waals surface area (Å²) in [6, 6.07) is 6.56. The van der Waals surface area contributed by atoms with E-state index in [2.05, 4.69) is 0 Å². The molecule has 2 N–H and O–H groups in total. The molecule has 0 fully saturated rings. The maximum atomic E-state index is 13.4. The number of hydrazine groups is 1. The van der Waals surface area contributed by atoms with Gasteiger partial charge in [0.15, 0.2) is 23.3 Å². The molecule has 0 aliphatic carbocycles. The highest BCUT2D eigenvalue weighted by atomic mass is 19.2. The van der Waals surface area contributed by atoms with Crippen LogP contribution in [-0.4, -0.2) is 13.0 Å². The van der Waals surface area contributed by atoms with Crippen molar-refractivity contribution in [1.82, 2.24) is 5.43 Å². The number of carbonyl (C=O) groups is 1. The first-order chi connectivity index (χ1) is 11.8. The molecule has 2 rings (SSSR count). The van der Waals surface area contributed by atoms with E-state index in [1.54, 1.807) is 29.7 Å². The number of ether oxygens (including phenoxy) is 1. The lowest BCUT2D eigenvalue weighted by molar-refractivity contribution is -0.116. The molecule has 0 aliphatic heterocycles. The Hall–Kier alpha value is -3.10. The lowest BCUT2D eigenvalue weighted by Gasteiger charge is -2.10. The van der Waals surface area contributed by atoms with E-state index in [9.17, 15) is 26.7 Å². The Morgan fingerprint density at radius 1 is 0.920 bits per heavy atom. The van der Waals surface area contributed by atoms with Gasteiger partial charge < -0.3 is 4.74 Å². The third kappa shape index (κ3) is 4.06. The number of hydrogen-bond donors (Lipinski definition) is 2. The van der Waals surface area contributed by atoms with E-state index >= 15 is 0 Å². The van der Waals surface area contributed by atoms with E-state index in [-0.39, 0.29) is 0 Å². The minimum atomic E-state index is -2.29. The predicted octanol–water partition coefficient (Wildman–Crippen LogP) is 3.55. The van der Waals surface area contributed by atoms with E-state index in [0.29, 0.717) is 11.3 Å². The Morgan fingerprint density at radius 3 is 1.96 bits per heavy atom. The van der Waals surface area contributed by atoms with Crippen LogP contribution in [0.5, 0.6) is 5.75 Å². The second-order valence-electron chi connectivity index (χ2n) is 4.67. The Kier molecular flexibility index (Phi) is 5.58. The highest BCUT2D eigenvalue weighted by Crippen LogP contribution is 2.26. The van der Waals surface area contributed by atoms with Gasteiger partial charge in [0.2, 0.25) is 5.82 Å². The van der Waals surface area contributed by atoms with Crippen molar-refractivity contribution in [1.29, 1.82) is 0 Å². The van der Waals surface area contributed by atoms with Crippen molar-refractivity contribution < 1.29 is 31.5 Å². The molecule has 4 nitrogen and oxygen atoms in total. The standard InChI is InChI=1S/C16H11F5N2O2/c1-25-9-5-2-8(3-6-9)4-7-10(24)22-23-16-14(20)12(18)11(17)13(19)15(16)21/h2-7,23H,1H3,(H,22,24)/b7-4+. The number of nitrogens with one attached hydrogen (secondary N) is 2. The molecule has 0 aliphatic rings. The maximum absolute atomic E-state index is 13.4. The van der Waals surface area contributed by atoms with Crippen LogP contribution in [0.2, 0.25) is 0 Å². The molecule has 2 aromatic carbocycles. The Balaban J connectivity index is 2.06. The first-order valence-corrected chi connectivity index (χ1v) is 6.74. The summed E-state index contributed by atoms with van der Waals surface area (Å²) in [5.41, 5.74) is 2.75. The number of benzene rings is 2. The van der Waals surface area contributed by atoms with Crippen LogP contribution >= 0.6 is 0 Å². The average molecular weight is 358 g/mol. The number of hydrogen-bond acceptors (Lipinski definition) is 3. The average Bonchev–Trinajstić information content (AvgIpc) is 2.63. The molecule has 1 amide bonds. The molecule has 0 bridgehead atoms. The number of rotatable bonds is 5. The van der Waals surface area contributed by atoms with Crippen LogP contribution in [0.4, 0.5) is 27.6 Å². The van der Waals surface area contributed by atoms with Gasteiger partial charge in [-0.1, -0.05) is 12.1 Å². The number of amides is 1. The SMILES string of the molecule is COc1ccc(/C=C/C(=O)NNc2c(F)c(F)c(F)c(F)c2F)cc1. The molecule has 0 saturated heterocycles. The van der Waals surface area contributed by atoms with Gasteiger partial charge in [-0.05, 0) is 23.8 Å². The van der Waals surface area contributed by atoms with E-state index in [1.807, 2.05) is 5.43 Å². The van der Waals surface area contributed by atoms with Crippen molar-refractivity contribution in [2.24, 2.45) is 0 Å². The molecule has 0 saturated carbocycles. The van der Waals surface area contributed by atoms with Gasteiger partial charge in [0.05, 0.1) is 7.11 Å². The molecular formula is C16H11F5N2O2. The minimum absolute atomic E-state index is 0.606. The van der Waals surface area contributed by atoms with Crippen molar-refractivity contribution in [3.63, 3.8) is 0 Å². The van der Waals surface area contributed by atoms with Crippen molar-refractivity contribution in [2.75, 3.05) is 12.5 Å². The second-order valence-corrected chi connectivity index (χ2v) is 4.67. The summed E-state index contributed by atoms with van der Waals surface area (Å²) < 4.78 is 70.7. The molecule has 0 unspecified atom stereocenters. The molecule has 0 radical (unpaired) electrons. The summed E-state index contributed by atoms with van der Waals surface area (Å²) in [7, 11) is 1.49. The first kappa shape index (κ1) is 18.2. The van der Waals surface area contributed by atoms with Gasteiger partial charge in [-0.2, -0.15) is 0 Å². The van der Waals surface area contributed by atoms with Crippen LogP contribution < -0.4 is 15.6 Å². The summed E-state index contributed by atoms with van der Waals surface area (Å²) in [6.07, 6.45) is 2.37. The van der Waals surface area contributed by atoms with E-state index in [4.69, 9.17) is 4.74 Å². The number of anilines is 1. The maximum Gasteiger partial charge on any atom is 0.262 e. The van der Waals surface area contributed by atoms with E-state index < -0.39 is 40.7 Å². The second kappa shape index (κ2) is 7.65. The fraction of sp³-hybridized carbons (Fsp3) is 0.0625. The molecule has 2 aromatic rings. The summed E-state index contributed by atoms with van der Waals surface area (Å²) in [5.74, 6) is -11.0. The molecule has 9 heteroatoms. The van der Waals surface area contributed by atoms with Crippen LogP contribution in [0.15, 0.2) is 30.3 Å². The third-order valence-corrected chi connectivity index (χ3v) is 3.06. The number of methoxy groups -OCH3 is 1. The Morgan fingerprint density at radius 2 is 1.44 bits per heavy atom. The van der Waals surface area contributed by atoms with Gasteiger partial charge in [0.1, 0.15) is 11.4 Å². The number of carbonyl (C=O) groups excluding carboxylic acids is 1. The molecule has 132 valence electrons. The van der Waals surface area contributed by atoms with Crippen LogP contribution in [0, 0.1) is 29.1 Å². The molecule has 25 heavy (non-hydrogen) atoms.